The van der Waals surface area contributed by atoms with Crippen molar-refractivity contribution >= 4 is 11.6 Å². The van der Waals surface area contributed by atoms with Gasteiger partial charge in [0.15, 0.2) is 0 Å². The molecule has 1 aromatic rings. The molecule has 0 aromatic heterocycles. The summed E-state index contributed by atoms with van der Waals surface area (Å²) in [5, 5.41) is 3.52. The van der Waals surface area contributed by atoms with Crippen molar-refractivity contribution in [2.45, 2.75) is 25.3 Å². The van der Waals surface area contributed by atoms with E-state index < -0.39 is 0 Å². The van der Waals surface area contributed by atoms with E-state index in [-0.39, 0.29) is 0 Å². The fourth-order valence-corrected chi connectivity index (χ4v) is 3.06. The largest absolute Gasteiger partial charge is 0.382 e. The Balaban J connectivity index is 1.45. The van der Waals surface area contributed by atoms with Gasteiger partial charge >= 0.3 is 0 Å². The molecule has 20 heavy (non-hydrogen) atoms. The molecule has 0 aliphatic carbocycles. The van der Waals surface area contributed by atoms with Gasteiger partial charge < -0.3 is 15.1 Å². The normalized spacial score (nSPS) is 22.4. The van der Waals surface area contributed by atoms with E-state index in [1.807, 2.05) is 4.90 Å². The van der Waals surface area contributed by atoms with Crippen LogP contribution in [0.2, 0.25) is 0 Å². The summed E-state index contributed by atoms with van der Waals surface area (Å²) in [6.07, 6.45) is 2.64. The Morgan fingerprint density at radius 2 is 2.00 bits per heavy atom. The van der Waals surface area contributed by atoms with Crippen LogP contribution in [0.5, 0.6) is 0 Å². The molecule has 1 amide bonds. The summed E-state index contributed by atoms with van der Waals surface area (Å²) in [6, 6.07) is 8.85. The van der Waals surface area contributed by atoms with Crippen LogP contribution in [0.15, 0.2) is 24.3 Å². The number of likely N-dealkylation sites (N-methyl/N-ethyl adjacent to an activating group) is 1. The van der Waals surface area contributed by atoms with E-state index in [4.69, 9.17) is 0 Å². The second-order valence-corrected chi connectivity index (χ2v) is 5.93. The minimum atomic E-state index is 0.316. The number of nitrogens with one attached hydrogen (secondary N) is 1. The Morgan fingerprint density at radius 1 is 1.25 bits per heavy atom. The highest BCUT2D eigenvalue weighted by Crippen LogP contribution is 2.27. The van der Waals surface area contributed by atoms with Crippen molar-refractivity contribution < 1.29 is 4.79 Å². The van der Waals surface area contributed by atoms with E-state index >= 15 is 0 Å². The van der Waals surface area contributed by atoms with Crippen LogP contribution in [0.1, 0.15) is 18.4 Å². The highest BCUT2D eigenvalue weighted by Gasteiger charge is 2.23. The van der Waals surface area contributed by atoms with Crippen LogP contribution in [0.3, 0.4) is 0 Å². The van der Waals surface area contributed by atoms with Crippen molar-refractivity contribution in [3.63, 3.8) is 0 Å². The van der Waals surface area contributed by atoms with Gasteiger partial charge in [0, 0.05) is 44.3 Å². The third kappa shape index (κ3) is 2.96. The predicted molar refractivity (Wildman–Crippen MR) is 80.9 cm³/mol. The van der Waals surface area contributed by atoms with Crippen molar-refractivity contribution in [2.75, 3.05) is 38.5 Å². The molecular weight excluding hydrogens is 250 g/mol. The Hall–Kier alpha value is -1.55. The summed E-state index contributed by atoms with van der Waals surface area (Å²) in [7, 11) is 2.11. The number of anilines is 1. The fraction of sp³-hybridized carbons (Fsp3) is 0.562. The van der Waals surface area contributed by atoms with Crippen LogP contribution in [0, 0.1) is 0 Å². The number of rotatable bonds is 3. The molecule has 0 radical (unpaired) electrons. The van der Waals surface area contributed by atoms with Crippen LogP contribution >= 0.6 is 0 Å². The van der Waals surface area contributed by atoms with Gasteiger partial charge in [-0.2, -0.15) is 0 Å². The van der Waals surface area contributed by atoms with Gasteiger partial charge in [-0.3, -0.25) is 4.79 Å². The topological polar surface area (TPSA) is 35.6 Å². The van der Waals surface area contributed by atoms with Crippen molar-refractivity contribution in [2.24, 2.45) is 0 Å². The number of para-hydroxylation sites is 1. The highest BCUT2D eigenvalue weighted by molar-refractivity contribution is 5.76. The Labute approximate surface area is 120 Å². The first-order chi connectivity index (χ1) is 9.72. The number of carbonyl (C=O) groups is 1. The highest BCUT2D eigenvalue weighted by atomic mass is 16.2. The molecule has 3 rings (SSSR count). The lowest BCUT2D eigenvalue weighted by Gasteiger charge is -2.32. The van der Waals surface area contributed by atoms with Gasteiger partial charge in [0.25, 0.3) is 0 Å². The van der Waals surface area contributed by atoms with Gasteiger partial charge in [-0.05, 0) is 31.5 Å². The summed E-state index contributed by atoms with van der Waals surface area (Å²) >= 11 is 0. The number of fused-ring (bicyclic) bond motifs is 1. The molecule has 0 bridgehead atoms. The van der Waals surface area contributed by atoms with Gasteiger partial charge in [0.05, 0.1) is 0 Å². The van der Waals surface area contributed by atoms with E-state index in [2.05, 4.69) is 41.5 Å². The van der Waals surface area contributed by atoms with Crippen LogP contribution in [-0.4, -0.2) is 55.0 Å². The van der Waals surface area contributed by atoms with Gasteiger partial charge in [0.2, 0.25) is 5.91 Å². The Morgan fingerprint density at radius 3 is 2.75 bits per heavy atom. The Kier molecular flexibility index (Phi) is 3.92. The van der Waals surface area contributed by atoms with E-state index in [0.717, 1.165) is 39.0 Å². The summed E-state index contributed by atoms with van der Waals surface area (Å²) in [6.45, 7) is 3.76. The molecule has 0 saturated carbocycles. The molecule has 0 spiro atoms. The maximum Gasteiger partial charge on any atom is 0.222 e. The molecule has 1 N–H and O–H groups in total. The SMILES string of the molecule is CN1CCN(C(=O)CCC2Cc3ccccc3N2)CC1. The summed E-state index contributed by atoms with van der Waals surface area (Å²) in [5.41, 5.74) is 2.62. The molecule has 1 saturated heterocycles. The smallest absolute Gasteiger partial charge is 0.222 e. The zero-order valence-corrected chi connectivity index (χ0v) is 12.1. The van der Waals surface area contributed by atoms with Gasteiger partial charge in [-0.15, -0.1) is 0 Å². The first-order valence-corrected chi connectivity index (χ1v) is 7.53. The molecule has 4 heteroatoms. The fourth-order valence-electron chi connectivity index (χ4n) is 3.06. The molecule has 2 aliphatic rings. The summed E-state index contributed by atoms with van der Waals surface area (Å²) in [5.74, 6) is 0.316. The molecule has 1 unspecified atom stereocenters. The van der Waals surface area contributed by atoms with E-state index in [1.165, 1.54) is 11.3 Å². The summed E-state index contributed by atoms with van der Waals surface area (Å²) in [4.78, 5) is 16.5. The molecule has 2 heterocycles. The van der Waals surface area contributed by atoms with Gasteiger partial charge in [-0.25, -0.2) is 0 Å². The number of carbonyl (C=O) groups excluding carboxylic acids is 1. The first-order valence-electron chi connectivity index (χ1n) is 7.53. The first kappa shape index (κ1) is 13.4. The average Bonchev–Trinajstić information content (AvgIpc) is 2.88. The number of benzene rings is 1. The predicted octanol–water partition coefficient (Wildman–Crippen LogP) is 1.58. The number of piperazine rings is 1. The third-order valence-corrected chi connectivity index (χ3v) is 4.41. The maximum atomic E-state index is 12.2. The van der Waals surface area contributed by atoms with E-state index in [0.29, 0.717) is 18.4 Å². The zero-order chi connectivity index (χ0) is 13.9. The van der Waals surface area contributed by atoms with Crippen molar-refractivity contribution in [3.05, 3.63) is 29.8 Å². The molecule has 4 nitrogen and oxygen atoms in total. The zero-order valence-electron chi connectivity index (χ0n) is 12.1. The number of amides is 1. The lowest BCUT2D eigenvalue weighted by Crippen LogP contribution is -2.47. The molecule has 1 fully saturated rings. The van der Waals surface area contributed by atoms with E-state index in [1.54, 1.807) is 0 Å². The molecule has 108 valence electrons. The van der Waals surface area contributed by atoms with Crippen LogP contribution in [-0.2, 0) is 11.2 Å². The standard InChI is InChI=1S/C16H23N3O/c1-18-8-10-19(11-9-18)16(20)7-6-14-12-13-4-2-3-5-15(13)17-14/h2-5,14,17H,6-12H2,1H3. The maximum absolute atomic E-state index is 12.2. The van der Waals surface area contributed by atoms with Gasteiger partial charge in [-0.1, -0.05) is 18.2 Å². The minimum Gasteiger partial charge on any atom is -0.382 e. The average molecular weight is 273 g/mol. The number of hydrogen-bond donors (Lipinski definition) is 1. The van der Waals surface area contributed by atoms with E-state index in [9.17, 15) is 4.79 Å². The second-order valence-electron chi connectivity index (χ2n) is 5.93. The van der Waals surface area contributed by atoms with Crippen molar-refractivity contribution in [1.82, 2.24) is 9.80 Å². The molecule has 1 atom stereocenters. The minimum absolute atomic E-state index is 0.316. The van der Waals surface area contributed by atoms with Crippen molar-refractivity contribution in [3.8, 4) is 0 Å². The van der Waals surface area contributed by atoms with Gasteiger partial charge in [0.1, 0.15) is 0 Å². The monoisotopic (exact) mass is 273 g/mol. The quantitative estimate of drug-likeness (QED) is 0.908. The lowest BCUT2D eigenvalue weighted by molar-refractivity contribution is -0.132. The lowest BCUT2D eigenvalue weighted by atomic mass is 10.1. The second kappa shape index (κ2) is 5.83. The van der Waals surface area contributed by atoms with Crippen LogP contribution < -0.4 is 5.32 Å². The molecular formula is C16H23N3O. The number of hydrogen-bond acceptors (Lipinski definition) is 3. The summed E-state index contributed by atoms with van der Waals surface area (Å²) < 4.78 is 0. The van der Waals surface area contributed by atoms with Crippen molar-refractivity contribution in [1.29, 1.82) is 0 Å². The Bertz CT molecular complexity index is 455. The van der Waals surface area contributed by atoms with Crippen LogP contribution in [0.4, 0.5) is 5.69 Å². The third-order valence-electron chi connectivity index (χ3n) is 4.41. The number of nitrogens with zero attached hydrogens (tertiary/aromatic N) is 2. The molecule has 2 aliphatic heterocycles. The molecule has 1 aromatic carbocycles. The van der Waals surface area contributed by atoms with Crippen LogP contribution in [0.25, 0.3) is 0 Å².